The lowest BCUT2D eigenvalue weighted by atomic mass is 10.2. The summed E-state index contributed by atoms with van der Waals surface area (Å²) in [6.07, 6.45) is 2.34. The van der Waals surface area contributed by atoms with Crippen LogP contribution < -0.4 is 4.90 Å². The van der Waals surface area contributed by atoms with Crippen molar-refractivity contribution in [2.24, 2.45) is 0 Å². The summed E-state index contributed by atoms with van der Waals surface area (Å²) in [5, 5.41) is 10.3. The molecule has 2 aliphatic heterocycles. The molecule has 2 saturated heterocycles. The van der Waals surface area contributed by atoms with Crippen LogP contribution >= 0.6 is 0 Å². The van der Waals surface area contributed by atoms with Crippen molar-refractivity contribution in [3.05, 3.63) is 30.1 Å². The van der Waals surface area contributed by atoms with Crippen molar-refractivity contribution in [2.45, 2.75) is 18.9 Å². The number of hydroxylamine groups is 2. The Bertz CT molecular complexity index is 747. The number of likely N-dealkylation sites (tertiary alicyclic amines) is 1. The Kier molecular flexibility index (Phi) is 6.86. The van der Waals surface area contributed by atoms with Crippen molar-refractivity contribution in [1.82, 2.24) is 14.3 Å². The Hall–Kier alpha value is -1.75. The van der Waals surface area contributed by atoms with Crippen molar-refractivity contribution in [1.29, 1.82) is 0 Å². The molecule has 0 aliphatic carbocycles. The van der Waals surface area contributed by atoms with Gasteiger partial charge in [0.25, 0.3) is 0 Å². The van der Waals surface area contributed by atoms with Crippen LogP contribution in [0.25, 0.3) is 0 Å². The molecule has 1 atom stereocenters. The number of carbonyl (C=O) groups excluding carboxylic acids is 1. The molecular weight excluding hydrogens is 387 g/mol. The normalized spacial score (nSPS) is 20.3. The molecule has 0 saturated carbocycles. The van der Waals surface area contributed by atoms with Gasteiger partial charge >= 0.3 is 0 Å². The summed E-state index contributed by atoms with van der Waals surface area (Å²) in [6.45, 7) is 3.64. The molecule has 2 heterocycles. The topological polar surface area (TPSA) is 84.4 Å². The van der Waals surface area contributed by atoms with Gasteiger partial charge in [-0.3, -0.25) is 10.0 Å². The van der Waals surface area contributed by atoms with E-state index in [1.165, 1.54) is 16.4 Å². The van der Waals surface area contributed by atoms with Gasteiger partial charge in [-0.25, -0.2) is 17.9 Å². The van der Waals surface area contributed by atoms with Gasteiger partial charge in [0.1, 0.15) is 5.82 Å². The van der Waals surface area contributed by atoms with Gasteiger partial charge in [-0.1, -0.05) is 0 Å². The van der Waals surface area contributed by atoms with Gasteiger partial charge in [0.2, 0.25) is 16.4 Å². The van der Waals surface area contributed by atoms with Crippen molar-refractivity contribution < 1.29 is 22.8 Å². The van der Waals surface area contributed by atoms with Gasteiger partial charge in [-0.2, -0.15) is 4.31 Å². The second-order valence-corrected chi connectivity index (χ2v) is 9.30. The van der Waals surface area contributed by atoms with Gasteiger partial charge in [0, 0.05) is 38.4 Å². The fraction of sp³-hybridized carbons (Fsp3) is 0.611. The van der Waals surface area contributed by atoms with Gasteiger partial charge in [0.05, 0.1) is 11.8 Å². The second-order valence-electron chi connectivity index (χ2n) is 7.29. The predicted molar refractivity (Wildman–Crippen MR) is 103 cm³/mol. The number of halogens is 1. The van der Waals surface area contributed by atoms with Crippen molar-refractivity contribution in [3.63, 3.8) is 0 Å². The highest BCUT2D eigenvalue weighted by atomic mass is 32.2. The second kappa shape index (κ2) is 9.17. The molecule has 0 bridgehead atoms. The number of amides is 1. The zero-order valence-electron chi connectivity index (χ0n) is 15.8. The summed E-state index contributed by atoms with van der Waals surface area (Å²) in [7, 11) is -3.63. The van der Waals surface area contributed by atoms with Crippen LogP contribution in [0.4, 0.5) is 10.1 Å². The standard InChI is InChI=1S/C18H27FN4O4S/c19-16-3-5-17(6-4-16)21-9-11-22(12-10-21)28(26,27)14-18(23(25)15-24)13-20-7-1-2-8-20/h3-6,15,18,25H,1-2,7-14H2. The lowest BCUT2D eigenvalue weighted by Crippen LogP contribution is -2.53. The molecule has 2 fully saturated rings. The van der Waals surface area contributed by atoms with Crippen LogP contribution in [0.5, 0.6) is 0 Å². The number of hydrogen-bond acceptors (Lipinski definition) is 6. The maximum atomic E-state index is 13.1. The molecule has 0 radical (unpaired) electrons. The monoisotopic (exact) mass is 414 g/mol. The van der Waals surface area contributed by atoms with Crippen LogP contribution in [0.1, 0.15) is 12.8 Å². The molecule has 1 unspecified atom stereocenters. The van der Waals surface area contributed by atoms with Crippen LogP contribution in [0.15, 0.2) is 24.3 Å². The minimum atomic E-state index is -3.63. The van der Waals surface area contributed by atoms with E-state index in [0.717, 1.165) is 31.6 Å². The first-order valence-electron chi connectivity index (χ1n) is 9.52. The van der Waals surface area contributed by atoms with Crippen LogP contribution in [0.2, 0.25) is 0 Å². The highest BCUT2D eigenvalue weighted by Gasteiger charge is 2.32. The molecule has 2 aliphatic rings. The summed E-state index contributed by atoms with van der Waals surface area (Å²) in [5.41, 5.74) is 0.854. The molecule has 0 aromatic heterocycles. The maximum Gasteiger partial charge on any atom is 0.233 e. The Morgan fingerprint density at radius 1 is 1.07 bits per heavy atom. The highest BCUT2D eigenvalue weighted by Crippen LogP contribution is 2.19. The van der Waals surface area contributed by atoms with Crippen LogP contribution in [-0.4, -0.2) is 91.9 Å². The van der Waals surface area contributed by atoms with Crippen LogP contribution in [0, 0.1) is 5.82 Å². The molecule has 3 rings (SSSR count). The third-order valence-corrected chi connectivity index (χ3v) is 7.33. The van der Waals surface area contributed by atoms with Crippen LogP contribution in [-0.2, 0) is 14.8 Å². The first-order chi connectivity index (χ1) is 13.4. The number of sulfonamides is 1. The molecule has 156 valence electrons. The number of benzene rings is 1. The average molecular weight is 415 g/mol. The van der Waals surface area contributed by atoms with E-state index in [4.69, 9.17) is 0 Å². The van der Waals surface area contributed by atoms with Crippen molar-refractivity contribution >= 4 is 22.1 Å². The van der Waals surface area contributed by atoms with Gasteiger partial charge in [-0.15, -0.1) is 0 Å². The predicted octanol–water partition coefficient (Wildman–Crippen LogP) is 0.590. The lowest BCUT2D eigenvalue weighted by Gasteiger charge is -2.36. The van der Waals surface area contributed by atoms with E-state index in [9.17, 15) is 22.8 Å². The van der Waals surface area contributed by atoms with Crippen molar-refractivity contribution in [3.8, 4) is 0 Å². The van der Waals surface area contributed by atoms with Crippen LogP contribution in [0.3, 0.4) is 0 Å². The maximum absolute atomic E-state index is 13.1. The number of anilines is 1. The third kappa shape index (κ3) is 5.19. The fourth-order valence-corrected chi connectivity index (χ4v) is 5.46. The van der Waals surface area contributed by atoms with E-state index in [1.54, 1.807) is 12.1 Å². The van der Waals surface area contributed by atoms with Gasteiger partial charge in [-0.05, 0) is 50.2 Å². The quantitative estimate of drug-likeness (QED) is 0.381. The van der Waals surface area contributed by atoms with E-state index in [1.807, 2.05) is 4.90 Å². The van der Waals surface area contributed by atoms with E-state index in [2.05, 4.69) is 4.90 Å². The van der Waals surface area contributed by atoms with E-state index in [0.29, 0.717) is 37.8 Å². The SMILES string of the molecule is O=CN(O)C(CN1CCCC1)CS(=O)(=O)N1CCN(c2ccc(F)cc2)CC1. The summed E-state index contributed by atoms with van der Waals surface area (Å²) < 4.78 is 40.2. The summed E-state index contributed by atoms with van der Waals surface area (Å²) in [5.74, 6) is -0.618. The minimum Gasteiger partial charge on any atom is -0.369 e. The summed E-state index contributed by atoms with van der Waals surface area (Å²) in [6, 6.07) is 5.34. The Labute approximate surface area is 165 Å². The molecule has 1 aromatic carbocycles. The smallest absolute Gasteiger partial charge is 0.233 e. The fourth-order valence-electron chi connectivity index (χ4n) is 3.79. The third-order valence-electron chi connectivity index (χ3n) is 5.38. The van der Waals surface area contributed by atoms with Crippen molar-refractivity contribution in [2.75, 3.05) is 56.5 Å². The molecule has 8 nitrogen and oxygen atoms in total. The minimum absolute atomic E-state index is 0.267. The number of carbonyl (C=O) groups is 1. The molecule has 1 aromatic rings. The Morgan fingerprint density at radius 2 is 1.68 bits per heavy atom. The lowest BCUT2D eigenvalue weighted by molar-refractivity contribution is -0.159. The van der Waals surface area contributed by atoms with E-state index < -0.39 is 16.1 Å². The van der Waals surface area contributed by atoms with Gasteiger partial charge in [0.15, 0.2) is 0 Å². The number of nitrogens with zero attached hydrogens (tertiary/aromatic N) is 4. The molecular formula is C18H27FN4O4S. The zero-order chi connectivity index (χ0) is 20.1. The molecule has 1 N–H and O–H groups in total. The molecule has 28 heavy (non-hydrogen) atoms. The van der Waals surface area contributed by atoms with E-state index >= 15 is 0 Å². The Balaban J connectivity index is 1.60. The number of piperazine rings is 1. The van der Waals surface area contributed by atoms with E-state index in [-0.39, 0.29) is 18.0 Å². The largest absolute Gasteiger partial charge is 0.369 e. The molecule has 1 amide bonds. The summed E-state index contributed by atoms with van der Waals surface area (Å²) >= 11 is 0. The first-order valence-corrected chi connectivity index (χ1v) is 11.1. The first kappa shape index (κ1) is 21.0. The molecule has 0 spiro atoms. The van der Waals surface area contributed by atoms with Gasteiger partial charge < -0.3 is 9.80 Å². The average Bonchev–Trinajstić information content (AvgIpc) is 3.20. The zero-order valence-corrected chi connectivity index (χ0v) is 16.6. The molecule has 10 heteroatoms. The highest BCUT2D eigenvalue weighted by molar-refractivity contribution is 7.89. The summed E-state index contributed by atoms with van der Waals surface area (Å²) in [4.78, 5) is 15.1. The Morgan fingerprint density at radius 3 is 2.25 bits per heavy atom. The number of rotatable bonds is 8. The number of hydrogen-bond donors (Lipinski definition) is 1.